The number of pyridine rings is 1. The first kappa shape index (κ1) is 15.8. The summed E-state index contributed by atoms with van der Waals surface area (Å²) in [6.07, 6.45) is 8.74. The number of aromatic nitrogens is 3. The van der Waals surface area contributed by atoms with Gasteiger partial charge in [-0.2, -0.15) is 5.10 Å². The van der Waals surface area contributed by atoms with Crippen molar-refractivity contribution in [2.45, 2.75) is 45.3 Å². The molecule has 0 aromatic carbocycles. The Labute approximate surface area is 143 Å². The van der Waals surface area contributed by atoms with Crippen LogP contribution in [0.5, 0.6) is 0 Å². The SMILES string of the molecule is CCOC[C@H]1CN(Cc2ccncc2)Cc2cn(CC3CC3)nc21. The maximum absolute atomic E-state index is 5.75. The van der Waals surface area contributed by atoms with Gasteiger partial charge in [-0.15, -0.1) is 0 Å². The summed E-state index contributed by atoms with van der Waals surface area (Å²) in [6, 6.07) is 4.20. The highest BCUT2D eigenvalue weighted by atomic mass is 16.5. The predicted molar refractivity (Wildman–Crippen MR) is 92.5 cm³/mol. The first-order valence-electron chi connectivity index (χ1n) is 9.07. The molecule has 0 radical (unpaired) electrons. The third-order valence-corrected chi connectivity index (χ3v) is 4.95. The molecule has 2 aromatic heterocycles. The zero-order valence-corrected chi connectivity index (χ0v) is 14.4. The first-order valence-corrected chi connectivity index (χ1v) is 9.07. The van der Waals surface area contributed by atoms with Crippen LogP contribution in [0.15, 0.2) is 30.7 Å². The molecule has 1 atom stereocenters. The fourth-order valence-electron chi connectivity index (χ4n) is 3.56. The molecule has 1 aliphatic heterocycles. The quantitative estimate of drug-likeness (QED) is 0.785. The van der Waals surface area contributed by atoms with Gasteiger partial charge in [-0.05, 0) is 43.4 Å². The molecule has 0 N–H and O–H groups in total. The average Bonchev–Trinajstić information content (AvgIpc) is 3.31. The minimum absolute atomic E-state index is 0.371. The molecule has 128 valence electrons. The standard InChI is InChI=1S/C19H26N4O/c1-2-24-14-18-12-22(9-16-5-7-20-8-6-16)11-17-13-23(21-19(17)18)10-15-3-4-15/h5-8,13,15,18H,2-4,9-12,14H2,1H3/t18-/m1/s1. The molecular weight excluding hydrogens is 300 g/mol. The van der Waals surface area contributed by atoms with Crippen LogP contribution in [0.1, 0.15) is 42.5 Å². The van der Waals surface area contributed by atoms with Gasteiger partial charge < -0.3 is 4.74 Å². The molecule has 1 fully saturated rings. The molecule has 1 saturated carbocycles. The lowest BCUT2D eigenvalue weighted by Gasteiger charge is -2.31. The number of rotatable bonds is 7. The second-order valence-corrected chi connectivity index (χ2v) is 7.09. The maximum Gasteiger partial charge on any atom is 0.0736 e. The molecule has 4 rings (SSSR count). The molecule has 5 heteroatoms. The number of fused-ring (bicyclic) bond motifs is 1. The summed E-state index contributed by atoms with van der Waals surface area (Å²) in [5.74, 6) is 1.22. The summed E-state index contributed by atoms with van der Waals surface area (Å²) < 4.78 is 7.92. The van der Waals surface area contributed by atoms with Crippen LogP contribution in [-0.2, 0) is 24.4 Å². The van der Waals surface area contributed by atoms with Crippen LogP contribution in [0, 0.1) is 5.92 Å². The van der Waals surface area contributed by atoms with E-state index in [1.807, 2.05) is 12.4 Å². The van der Waals surface area contributed by atoms with Gasteiger partial charge in [-0.3, -0.25) is 14.6 Å². The van der Waals surface area contributed by atoms with Gasteiger partial charge in [0.1, 0.15) is 0 Å². The number of hydrogen-bond donors (Lipinski definition) is 0. The largest absolute Gasteiger partial charge is 0.381 e. The zero-order chi connectivity index (χ0) is 16.4. The summed E-state index contributed by atoms with van der Waals surface area (Å²) in [5.41, 5.74) is 3.95. The molecule has 2 aliphatic rings. The zero-order valence-electron chi connectivity index (χ0n) is 14.4. The molecular formula is C19H26N4O. The van der Waals surface area contributed by atoms with E-state index in [9.17, 15) is 0 Å². The van der Waals surface area contributed by atoms with E-state index in [0.29, 0.717) is 5.92 Å². The number of nitrogens with zero attached hydrogens (tertiary/aromatic N) is 4. The summed E-state index contributed by atoms with van der Waals surface area (Å²) in [5, 5.41) is 4.91. The fourth-order valence-corrected chi connectivity index (χ4v) is 3.56. The van der Waals surface area contributed by atoms with Crippen molar-refractivity contribution in [3.05, 3.63) is 47.5 Å². The predicted octanol–water partition coefficient (Wildman–Crippen LogP) is 2.82. The Morgan fingerprint density at radius 3 is 2.83 bits per heavy atom. The number of ether oxygens (including phenoxy) is 1. The van der Waals surface area contributed by atoms with Gasteiger partial charge in [-0.25, -0.2) is 0 Å². The lowest BCUT2D eigenvalue weighted by Crippen LogP contribution is -2.34. The molecule has 0 unspecified atom stereocenters. The molecule has 24 heavy (non-hydrogen) atoms. The summed E-state index contributed by atoms with van der Waals surface area (Å²) >= 11 is 0. The topological polar surface area (TPSA) is 43.2 Å². The fraction of sp³-hybridized carbons (Fsp3) is 0.579. The van der Waals surface area contributed by atoms with E-state index in [-0.39, 0.29) is 0 Å². The van der Waals surface area contributed by atoms with Gasteiger partial charge >= 0.3 is 0 Å². The minimum atomic E-state index is 0.371. The van der Waals surface area contributed by atoms with Gasteiger partial charge in [0.15, 0.2) is 0 Å². The van der Waals surface area contributed by atoms with Crippen molar-refractivity contribution in [2.75, 3.05) is 19.8 Å². The third kappa shape index (κ3) is 3.68. The van der Waals surface area contributed by atoms with Crippen LogP contribution in [0.3, 0.4) is 0 Å². The highest BCUT2D eigenvalue weighted by Crippen LogP contribution is 2.33. The van der Waals surface area contributed by atoms with Crippen LogP contribution in [0.4, 0.5) is 0 Å². The van der Waals surface area contributed by atoms with Gasteiger partial charge in [-0.1, -0.05) is 0 Å². The van der Waals surface area contributed by atoms with Crippen molar-refractivity contribution in [3.63, 3.8) is 0 Å². The molecule has 1 aliphatic carbocycles. The maximum atomic E-state index is 5.75. The number of hydrogen-bond acceptors (Lipinski definition) is 4. The first-order chi connectivity index (χ1) is 11.8. The van der Waals surface area contributed by atoms with Crippen molar-refractivity contribution in [2.24, 2.45) is 5.92 Å². The van der Waals surface area contributed by atoms with Crippen molar-refractivity contribution < 1.29 is 4.74 Å². The summed E-state index contributed by atoms with van der Waals surface area (Å²) in [4.78, 5) is 6.62. The van der Waals surface area contributed by atoms with Crippen LogP contribution >= 0.6 is 0 Å². The molecule has 0 spiro atoms. The summed E-state index contributed by atoms with van der Waals surface area (Å²) in [6.45, 7) is 7.61. The Kier molecular flexibility index (Phi) is 4.63. The third-order valence-electron chi connectivity index (χ3n) is 4.95. The van der Waals surface area contributed by atoms with Crippen LogP contribution in [-0.4, -0.2) is 39.4 Å². The van der Waals surface area contributed by atoms with Crippen LogP contribution in [0.25, 0.3) is 0 Å². The Balaban J connectivity index is 1.51. The van der Waals surface area contributed by atoms with E-state index < -0.39 is 0 Å². The van der Waals surface area contributed by atoms with Crippen molar-refractivity contribution >= 4 is 0 Å². The lowest BCUT2D eigenvalue weighted by molar-refractivity contribution is 0.104. The van der Waals surface area contributed by atoms with Gasteiger partial charge in [0.2, 0.25) is 0 Å². The van der Waals surface area contributed by atoms with Gasteiger partial charge in [0, 0.05) is 62.9 Å². The Morgan fingerprint density at radius 1 is 1.25 bits per heavy atom. The van der Waals surface area contributed by atoms with Crippen molar-refractivity contribution in [1.29, 1.82) is 0 Å². The van der Waals surface area contributed by atoms with E-state index in [1.54, 1.807) is 0 Å². The molecule has 0 saturated heterocycles. The van der Waals surface area contributed by atoms with E-state index >= 15 is 0 Å². The minimum Gasteiger partial charge on any atom is -0.381 e. The summed E-state index contributed by atoms with van der Waals surface area (Å²) in [7, 11) is 0. The smallest absolute Gasteiger partial charge is 0.0736 e. The van der Waals surface area contributed by atoms with Gasteiger partial charge in [0.25, 0.3) is 0 Å². The monoisotopic (exact) mass is 326 g/mol. The Morgan fingerprint density at radius 2 is 2.08 bits per heavy atom. The second kappa shape index (κ2) is 7.03. The molecule has 2 aromatic rings. The average molecular weight is 326 g/mol. The van der Waals surface area contributed by atoms with E-state index in [2.05, 4.69) is 39.8 Å². The lowest BCUT2D eigenvalue weighted by atomic mass is 9.97. The van der Waals surface area contributed by atoms with Crippen LogP contribution < -0.4 is 0 Å². The van der Waals surface area contributed by atoms with Crippen LogP contribution in [0.2, 0.25) is 0 Å². The highest BCUT2D eigenvalue weighted by molar-refractivity contribution is 5.25. The van der Waals surface area contributed by atoms with E-state index in [0.717, 1.165) is 45.3 Å². The molecule has 5 nitrogen and oxygen atoms in total. The van der Waals surface area contributed by atoms with E-state index in [1.165, 1.54) is 29.7 Å². The molecule has 0 bridgehead atoms. The molecule has 3 heterocycles. The second-order valence-electron chi connectivity index (χ2n) is 7.09. The normalized spacial score (nSPS) is 21.0. The highest BCUT2D eigenvalue weighted by Gasteiger charge is 2.30. The van der Waals surface area contributed by atoms with Crippen molar-refractivity contribution in [3.8, 4) is 0 Å². The Hall–Kier alpha value is -1.72. The van der Waals surface area contributed by atoms with Gasteiger partial charge in [0.05, 0.1) is 12.3 Å². The Bertz CT molecular complexity index is 665. The molecule has 0 amide bonds. The van der Waals surface area contributed by atoms with Crippen molar-refractivity contribution in [1.82, 2.24) is 19.7 Å². The van der Waals surface area contributed by atoms with E-state index in [4.69, 9.17) is 9.84 Å².